The number of carbonyl (C=O) groups excluding carboxylic acids is 1. The highest BCUT2D eigenvalue weighted by Gasteiger charge is 2.08. The fraction of sp³-hybridized carbons (Fsp3) is 0.533. The Morgan fingerprint density at radius 1 is 1.37 bits per heavy atom. The van der Waals surface area contributed by atoms with Crippen molar-refractivity contribution in [2.75, 3.05) is 19.8 Å². The molecule has 0 bridgehead atoms. The Morgan fingerprint density at radius 2 is 2.00 bits per heavy atom. The Labute approximate surface area is 114 Å². The zero-order chi connectivity index (χ0) is 14.3. The molecule has 1 atom stereocenters. The van der Waals surface area contributed by atoms with Gasteiger partial charge in [0.25, 0.3) is 5.91 Å². The Morgan fingerprint density at radius 3 is 2.58 bits per heavy atom. The molecule has 0 saturated heterocycles. The maximum Gasteiger partial charge on any atom is 0.257 e. The van der Waals surface area contributed by atoms with Crippen LogP contribution in [0.25, 0.3) is 0 Å². The third kappa shape index (κ3) is 5.30. The predicted molar refractivity (Wildman–Crippen MR) is 75.3 cm³/mol. The minimum atomic E-state index is -0.132. The Kier molecular flexibility index (Phi) is 6.36. The number of aryl methyl sites for hydroxylation is 2. The molecule has 0 aromatic heterocycles. The van der Waals surface area contributed by atoms with Crippen LogP contribution in [0.3, 0.4) is 0 Å². The van der Waals surface area contributed by atoms with Crippen LogP contribution in [0.1, 0.15) is 24.5 Å². The minimum Gasteiger partial charge on any atom is -0.483 e. The van der Waals surface area contributed by atoms with E-state index < -0.39 is 0 Å². The van der Waals surface area contributed by atoms with Gasteiger partial charge in [0.1, 0.15) is 5.75 Å². The van der Waals surface area contributed by atoms with E-state index in [9.17, 15) is 4.79 Å². The summed E-state index contributed by atoms with van der Waals surface area (Å²) in [5, 5.41) is 11.6. The second kappa shape index (κ2) is 7.79. The highest BCUT2D eigenvalue weighted by molar-refractivity contribution is 5.77. The number of ether oxygens (including phenoxy) is 1. The molecule has 1 unspecified atom stereocenters. The zero-order valence-corrected chi connectivity index (χ0v) is 11.9. The Bertz CT molecular complexity index is 398. The van der Waals surface area contributed by atoms with Gasteiger partial charge in [-0.2, -0.15) is 0 Å². The van der Waals surface area contributed by atoms with Crippen molar-refractivity contribution in [3.8, 4) is 5.75 Å². The van der Waals surface area contributed by atoms with E-state index in [1.54, 1.807) is 0 Å². The molecule has 19 heavy (non-hydrogen) atoms. The molecular formula is C15H23NO3. The van der Waals surface area contributed by atoms with Crippen LogP contribution in [0.15, 0.2) is 18.2 Å². The molecule has 2 N–H and O–H groups in total. The highest BCUT2D eigenvalue weighted by atomic mass is 16.5. The fourth-order valence-corrected chi connectivity index (χ4v) is 1.83. The first-order valence-electron chi connectivity index (χ1n) is 6.61. The maximum atomic E-state index is 11.6. The lowest BCUT2D eigenvalue weighted by atomic mass is 10.1. The van der Waals surface area contributed by atoms with Gasteiger partial charge in [0.2, 0.25) is 0 Å². The van der Waals surface area contributed by atoms with Crippen molar-refractivity contribution in [3.05, 3.63) is 29.3 Å². The quantitative estimate of drug-likeness (QED) is 0.790. The molecule has 0 radical (unpaired) electrons. The highest BCUT2D eigenvalue weighted by Crippen LogP contribution is 2.21. The van der Waals surface area contributed by atoms with Gasteiger partial charge >= 0.3 is 0 Å². The number of benzene rings is 1. The van der Waals surface area contributed by atoms with Crippen LogP contribution in [0.2, 0.25) is 0 Å². The van der Waals surface area contributed by atoms with E-state index in [4.69, 9.17) is 9.84 Å². The van der Waals surface area contributed by atoms with Gasteiger partial charge in [-0.05, 0) is 37.3 Å². The fourth-order valence-electron chi connectivity index (χ4n) is 1.83. The first kappa shape index (κ1) is 15.5. The zero-order valence-electron chi connectivity index (χ0n) is 11.9. The summed E-state index contributed by atoms with van der Waals surface area (Å²) in [6, 6.07) is 5.89. The lowest BCUT2D eigenvalue weighted by molar-refractivity contribution is -0.123. The van der Waals surface area contributed by atoms with Gasteiger partial charge in [0.05, 0.1) is 0 Å². The number of hydrogen-bond acceptors (Lipinski definition) is 3. The molecule has 0 fully saturated rings. The van der Waals surface area contributed by atoms with Crippen molar-refractivity contribution in [3.63, 3.8) is 0 Å². The van der Waals surface area contributed by atoms with E-state index in [1.807, 2.05) is 39.0 Å². The number of amides is 1. The normalized spacial score (nSPS) is 12.0. The number of rotatable bonds is 7. The minimum absolute atomic E-state index is 0.0253. The van der Waals surface area contributed by atoms with Gasteiger partial charge in [0.15, 0.2) is 6.61 Å². The average Bonchev–Trinajstić information content (AvgIpc) is 2.36. The summed E-state index contributed by atoms with van der Waals surface area (Å²) in [4.78, 5) is 11.6. The standard InChI is InChI=1S/C15H23NO3/c1-11(7-8-17)9-16-14(18)10-19-15-12(2)5-4-6-13(15)3/h4-6,11,17H,7-10H2,1-3H3,(H,16,18). The summed E-state index contributed by atoms with van der Waals surface area (Å²) in [5.74, 6) is 0.919. The topological polar surface area (TPSA) is 58.6 Å². The number of aliphatic hydroxyl groups excluding tert-OH is 1. The van der Waals surface area contributed by atoms with E-state index in [1.165, 1.54) is 0 Å². The molecule has 1 amide bonds. The first-order chi connectivity index (χ1) is 9.04. The smallest absolute Gasteiger partial charge is 0.257 e. The van der Waals surface area contributed by atoms with Crippen LogP contribution in [-0.2, 0) is 4.79 Å². The van der Waals surface area contributed by atoms with Crippen LogP contribution in [0.5, 0.6) is 5.75 Å². The predicted octanol–water partition coefficient (Wildman–Crippen LogP) is 1.82. The van der Waals surface area contributed by atoms with Gasteiger partial charge in [-0.1, -0.05) is 25.1 Å². The van der Waals surface area contributed by atoms with E-state index in [0.717, 1.165) is 16.9 Å². The Balaban J connectivity index is 2.38. The molecule has 4 nitrogen and oxygen atoms in total. The lowest BCUT2D eigenvalue weighted by Crippen LogP contribution is -2.32. The summed E-state index contributed by atoms with van der Waals surface area (Å²) in [6.45, 7) is 6.65. The summed E-state index contributed by atoms with van der Waals surface area (Å²) >= 11 is 0. The number of carbonyl (C=O) groups is 1. The monoisotopic (exact) mass is 265 g/mol. The molecule has 4 heteroatoms. The molecule has 0 heterocycles. The molecule has 0 aliphatic carbocycles. The molecule has 1 rings (SSSR count). The van der Waals surface area contributed by atoms with Crippen molar-refractivity contribution < 1.29 is 14.6 Å². The number of hydrogen-bond donors (Lipinski definition) is 2. The van der Waals surface area contributed by atoms with Crippen LogP contribution in [0, 0.1) is 19.8 Å². The molecule has 1 aromatic carbocycles. The Hall–Kier alpha value is -1.55. The van der Waals surface area contributed by atoms with Crippen molar-refractivity contribution in [2.45, 2.75) is 27.2 Å². The second-order valence-corrected chi connectivity index (χ2v) is 4.93. The lowest BCUT2D eigenvalue weighted by Gasteiger charge is -2.13. The van der Waals surface area contributed by atoms with Crippen molar-refractivity contribution in [1.82, 2.24) is 5.32 Å². The molecule has 1 aromatic rings. The third-order valence-electron chi connectivity index (χ3n) is 3.03. The summed E-state index contributed by atoms with van der Waals surface area (Å²) in [7, 11) is 0. The summed E-state index contributed by atoms with van der Waals surface area (Å²) < 4.78 is 5.56. The largest absolute Gasteiger partial charge is 0.483 e. The molecule has 0 saturated carbocycles. The molecule has 0 aliphatic rings. The third-order valence-corrected chi connectivity index (χ3v) is 3.03. The van der Waals surface area contributed by atoms with Crippen molar-refractivity contribution in [2.24, 2.45) is 5.92 Å². The van der Waals surface area contributed by atoms with E-state index >= 15 is 0 Å². The molecular weight excluding hydrogens is 242 g/mol. The molecule has 0 spiro atoms. The number of aliphatic hydroxyl groups is 1. The summed E-state index contributed by atoms with van der Waals surface area (Å²) in [6.07, 6.45) is 0.692. The molecule has 0 aliphatic heterocycles. The van der Waals surface area contributed by atoms with E-state index in [2.05, 4.69) is 5.32 Å². The number of para-hydroxylation sites is 1. The van der Waals surface area contributed by atoms with Crippen LogP contribution >= 0.6 is 0 Å². The van der Waals surface area contributed by atoms with Crippen molar-refractivity contribution >= 4 is 5.91 Å². The van der Waals surface area contributed by atoms with Crippen molar-refractivity contribution in [1.29, 1.82) is 0 Å². The number of nitrogens with one attached hydrogen (secondary N) is 1. The van der Waals surface area contributed by atoms with Crippen LogP contribution in [0.4, 0.5) is 0 Å². The molecule has 106 valence electrons. The maximum absolute atomic E-state index is 11.6. The van der Waals surface area contributed by atoms with Gasteiger partial charge in [-0.3, -0.25) is 4.79 Å². The van der Waals surface area contributed by atoms with Gasteiger partial charge in [0, 0.05) is 13.2 Å². The SMILES string of the molecule is Cc1cccc(C)c1OCC(=O)NCC(C)CCO. The van der Waals surface area contributed by atoms with Crippen LogP contribution in [-0.4, -0.2) is 30.8 Å². The van der Waals surface area contributed by atoms with E-state index in [0.29, 0.717) is 13.0 Å². The van der Waals surface area contributed by atoms with Crippen LogP contribution < -0.4 is 10.1 Å². The average molecular weight is 265 g/mol. The van der Waals surface area contributed by atoms with E-state index in [-0.39, 0.29) is 25.0 Å². The summed E-state index contributed by atoms with van der Waals surface area (Å²) in [5.41, 5.74) is 2.06. The first-order valence-corrected chi connectivity index (χ1v) is 6.61. The second-order valence-electron chi connectivity index (χ2n) is 4.93. The van der Waals surface area contributed by atoms with Gasteiger partial charge in [-0.25, -0.2) is 0 Å². The van der Waals surface area contributed by atoms with Gasteiger partial charge in [-0.15, -0.1) is 0 Å². The van der Waals surface area contributed by atoms with Gasteiger partial charge < -0.3 is 15.2 Å².